The van der Waals surface area contributed by atoms with Crippen LogP contribution >= 0.6 is 0 Å². The van der Waals surface area contributed by atoms with E-state index < -0.39 is 17.6 Å². The van der Waals surface area contributed by atoms with Gasteiger partial charge in [-0.2, -0.15) is 0 Å². The summed E-state index contributed by atoms with van der Waals surface area (Å²) < 4.78 is 0. The van der Waals surface area contributed by atoms with Crippen molar-refractivity contribution < 1.29 is 14.7 Å². The first kappa shape index (κ1) is 12.0. The van der Waals surface area contributed by atoms with Crippen molar-refractivity contribution in [2.24, 2.45) is 5.73 Å². The summed E-state index contributed by atoms with van der Waals surface area (Å²) in [5.41, 5.74) is 4.48. The fraction of sp³-hybridized carbons (Fsp3) is 0.800. The zero-order valence-electron chi connectivity index (χ0n) is 9.19. The van der Waals surface area contributed by atoms with Crippen molar-refractivity contribution in [1.29, 1.82) is 0 Å². The van der Waals surface area contributed by atoms with E-state index in [0.29, 0.717) is 19.4 Å². The Kier molecular flexibility index (Phi) is 3.34. The van der Waals surface area contributed by atoms with Gasteiger partial charge in [0.25, 0.3) is 0 Å². The standard InChI is InChI=1S/C10H18N2O3/c1-3-10(9(14)15)5-4-6-12(10)8(13)7(2)11/h7H,3-6,11H2,1-2H3,(H,14,15). The summed E-state index contributed by atoms with van der Waals surface area (Å²) in [7, 11) is 0. The first-order valence-corrected chi connectivity index (χ1v) is 5.26. The molecule has 1 aliphatic heterocycles. The van der Waals surface area contributed by atoms with Crippen LogP contribution < -0.4 is 5.73 Å². The van der Waals surface area contributed by atoms with Crippen LogP contribution in [0.15, 0.2) is 0 Å². The zero-order valence-corrected chi connectivity index (χ0v) is 9.19. The van der Waals surface area contributed by atoms with Crippen molar-refractivity contribution in [3.05, 3.63) is 0 Å². The van der Waals surface area contributed by atoms with Crippen LogP contribution in [-0.2, 0) is 9.59 Å². The lowest BCUT2D eigenvalue weighted by atomic mass is 9.92. The van der Waals surface area contributed by atoms with Gasteiger partial charge in [0, 0.05) is 6.54 Å². The highest BCUT2D eigenvalue weighted by Gasteiger charge is 2.48. The molecule has 2 unspecified atom stereocenters. The van der Waals surface area contributed by atoms with Gasteiger partial charge in [0.05, 0.1) is 6.04 Å². The van der Waals surface area contributed by atoms with Crippen LogP contribution in [0.1, 0.15) is 33.1 Å². The predicted molar refractivity (Wildman–Crippen MR) is 55.3 cm³/mol. The third-order valence-corrected chi connectivity index (χ3v) is 3.13. The molecule has 1 fully saturated rings. The normalized spacial score (nSPS) is 27.8. The van der Waals surface area contributed by atoms with E-state index >= 15 is 0 Å². The van der Waals surface area contributed by atoms with Gasteiger partial charge in [-0.15, -0.1) is 0 Å². The van der Waals surface area contributed by atoms with Gasteiger partial charge in [0.15, 0.2) is 0 Å². The first-order valence-electron chi connectivity index (χ1n) is 5.26. The Labute approximate surface area is 89.2 Å². The van der Waals surface area contributed by atoms with Crippen LogP contribution in [0, 0.1) is 0 Å². The van der Waals surface area contributed by atoms with Gasteiger partial charge in [0.1, 0.15) is 5.54 Å². The van der Waals surface area contributed by atoms with Crippen LogP contribution in [0.2, 0.25) is 0 Å². The van der Waals surface area contributed by atoms with Gasteiger partial charge < -0.3 is 15.7 Å². The minimum atomic E-state index is -1.02. The quantitative estimate of drug-likeness (QED) is 0.702. The number of hydrogen-bond donors (Lipinski definition) is 2. The molecule has 15 heavy (non-hydrogen) atoms. The molecule has 0 bridgehead atoms. The van der Waals surface area contributed by atoms with Gasteiger partial charge in [-0.05, 0) is 26.2 Å². The topological polar surface area (TPSA) is 83.6 Å². The number of carboxylic acid groups (broad SMARTS) is 1. The van der Waals surface area contributed by atoms with Gasteiger partial charge >= 0.3 is 5.97 Å². The van der Waals surface area contributed by atoms with E-state index in [-0.39, 0.29) is 5.91 Å². The fourth-order valence-electron chi connectivity index (χ4n) is 2.19. The Balaban J connectivity index is 2.97. The lowest BCUT2D eigenvalue weighted by molar-refractivity contribution is -0.157. The van der Waals surface area contributed by atoms with Crippen molar-refractivity contribution in [2.75, 3.05) is 6.54 Å². The second kappa shape index (κ2) is 4.18. The molecule has 1 amide bonds. The minimum Gasteiger partial charge on any atom is -0.479 e. The molecule has 86 valence electrons. The number of aliphatic carboxylic acids is 1. The van der Waals surface area contributed by atoms with Crippen molar-refractivity contribution >= 4 is 11.9 Å². The molecule has 3 N–H and O–H groups in total. The lowest BCUT2D eigenvalue weighted by Gasteiger charge is -2.34. The van der Waals surface area contributed by atoms with E-state index in [1.165, 1.54) is 4.90 Å². The number of amides is 1. The third-order valence-electron chi connectivity index (χ3n) is 3.13. The monoisotopic (exact) mass is 214 g/mol. The molecule has 0 saturated carbocycles. The van der Waals surface area contributed by atoms with Crippen LogP contribution in [0.4, 0.5) is 0 Å². The van der Waals surface area contributed by atoms with Crippen LogP contribution in [-0.4, -0.2) is 40.0 Å². The highest BCUT2D eigenvalue weighted by atomic mass is 16.4. The summed E-state index contributed by atoms with van der Waals surface area (Å²) in [4.78, 5) is 24.4. The molecular formula is C10H18N2O3. The Morgan fingerprint density at radius 2 is 2.20 bits per heavy atom. The molecule has 1 heterocycles. The van der Waals surface area contributed by atoms with E-state index in [4.69, 9.17) is 5.73 Å². The Morgan fingerprint density at radius 1 is 1.60 bits per heavy atom. The number of likely N-dealkylation sites (tertiary alicyclic amines) is 1. The molecule has 1 saturated heterocycles. The number of rotatable bonds is 3. The summed E-state index contributed by atoms with van der Waals surface area (Å²) in [6.45, 7) is 3.88. The number of nitrogens with two attached hydrogens (primary N) is 1. The maximum Gasteiger partial charge on any atom is 0.329 e. The van der Waals surface area contributed by atoms with Crippen LogP contribution in [0.5, 0.6) is 0 Å². The largest absolute Gasteiger partial charge is 0.479 e. The molecule has 1 aliphatic rings. The Bertz CT molecular complexity index is 278. The van der Waals surface area contributed by atoms with Crippen LogP contribution in [0.3, 0.4) is 0 Å². The second-order valence-corrected chi connectivity index (χ2v) is 4.07. The smallest absolute Gasteiger partial charge is 0.329 e. The molecule has 5 nitrogen and oxygen atoms in total. The molecule has 0 aliphatic carbocycles. The summed E-state index contributed by atoms with van der Waals surface area (Å²) in [6.07, 6.45) is 1.69. The van der Waals surface area contributed by atoms with Crippen molar-refractivity contribution in [1.82, 2.24) is 4.90 Å². The summed E-state index contributed by atoms with van der Waals surface area (Å²) >= 11 is 0. The minimum absolute atomic E-state index is 0.267. The molecule has 0 aromatic heterocycles. The molecular weight excluding hydrogens is 196 g/mol. The van der Waals surface area contributed by atoms with E-state index in [9.17, 15) is 14.7 Å². The Morgan fingerprint density at radius 3 is 2.60 bits per heavy atom. The average Bonchev–Trinajstić information content (AvgIpc) is 2.60. The zero-order chi connectivity index (χ0) is 11.6. The molecule has 0 aromatic rings. The van der Waals surface area contributed by atoms with E-state index in [1.807, 2.05) is 0 Å². The Hall–Kier alpha value is -1.10. The third kappa shape index (κ3) is 1.84. The van der Waals surface area contributed by atoms with E-state index in [1.54, 1.807) is 13.8 Å². The summed E-state index contributed by atoms with van der Waals surface area (Å²) in [5.74, 6) is -1.19. The fourth-order valence-corrected chi connectivity index (χ4v) is 2.19. The molecule has 0 aromatic carbocycles. The van der Waals surface area contributed by atoms with Gasteiger partial charge in [-0.1, -0.05) is 6.92 Å². The maximum atomic E-state index is 11.8. The average molecular weight is 214 g/mol. The number of hydrogen-bond acceptors (Lipinski definition) is 3. The molecule has 0 radical (unpaired) electrons. The first-order chi connectivity index (χ1) is 6.95. The molecule has 2 atom stereocenters. The van der Waals surface area contributed by atoms with Gasteiger partial charge in [-0.25, -0.2) is 4.79 Å². The van der Waals surface area contributed by atoms with E-state index in [0.717, 1.165) is 6.42 Å². The highest BCUT2D eigenvalue weighted by Crippen LogP contribution is 2.33. The van der Waals surface area contributed by atoms with Crippen molar-refractivity contribution in [2.45, 2.75) is 44.7 Å². The molecule has 1 rings (SSSR count). The number of carbonyl (C=O) groups excluding carboxylic acids is 1. The second-order valence-electron chi connectivity index (χ2n) is 4.07. The number of carboxylic acids is 1. The molecule has 5 heteroatoms. The van der Waals surface area contributed by atoms with E-state index in [2.05, 4.69) is 0 Å². The van der Waals surface area contributed by atoms with Crippen molar-refractivity contribution in [3.63, 3.8) is 0 Å². The lowest BCUT2D eigenvalue weighted by Crippen LogP contribution is -2.56. The SMILES string of the molecule is CCC1(C(=O)O)CCCN1C(=O)C(C)N. The van der Waals surface area contributed by atoms with Crippen molar-refractivity contribution in [3.8, 4) is 0 Å². The van der Waals surface area contributed by atoms with Gasteiger partial charge in [0.2, 0.25) is 5.91 Å². The summed E-state index contributed by atoms with van der Waals surface area (Å²) in [6, 6.07) is -0.631. The van der Waals surface area contributed by atoms with Gasteiger partial charge in [-0.3, -0.25) is 4.79 Å². The number of nitrogens with zero attached hydrogens (tertiary/aromatic N) is 1. The molecule has 0 spiro atoms. The van der Waals surface area contributed by atoms with Crippen LogP contribution in [0.25, 0.3) is 0 Å². The predicted octanol–water partition coefficient (Wildman–Crippen LogP) is 0.189. The summed E-state index contributed by atoms with van der Waals surface area (Å²) in [5, 5.41) is 9.23. The highest BCUT2D eigenvalue weighted by molar-refractivity contribution is 5.90. The maximum absolute atomic E-state index is 11.8. The number of carbonyl (C=O) groups is 2.